The molecule has 0 radical (unpaired) electrons. The Bertz CT molecular complexity index is 1220. The zero-order chi connectivity index (χ0) is 22.2. The van der Waals surface area contributed by atoms with Crippen LogP contribution >= 0.6 is 0 Å². The van der Waals surface area contributed by atoms with Gasteiger partial charge in [0, 0.05) is 18.3 Å². The van der Waals surface area contributed by atoms with E-state index in [1.54, 1.807) is 6.07 Å². The highest BCUT2D eigenvalue weighted by Gasteiger charge is 2.32. The molecule has 1 unspecified atom stereocenters. The first kappa shape index (κ1) is 20.4. The maximum Gasteiger partial charge on any atom is 0.416 e. The van der Waals surface area contributed by atoms with Crippen LogP contribution < -0.4 is 5.32 Å². The van der Waals surface area contributed by atoms with Crippen molar-refractivity contribution >= 4 is 5.91 Å². The van der Waals surface area contributed by atoms with E-state index < -0.39 is 23.5 Å². The van der Waals surface area contributed by atoms with Crippen molar-refractivity contribution in [2.45, 2.75) is 18.5 Å². The van der Waals surface area contributed by atoms with E-state index in [9.17, 15) is 27.6 Å². The molecule has 156 valence electrons. The molecular weight excluding hydrogens is 414 g/mol. The minimum absolute atomic E-state index is 0.0888. The normalized spacial score (nSPS) is 14.4. The number of fused-ring (bicyclic) bond motifs is 1. The molecule has 0 saturated heterocycles. The fourth-order valence-electron chi connectivity index (χ4n) is 3.49. The predicted molar refractivity (Wildman–Crippen MR) is 100 cm³/mol. The second-order valence-corrected chi connectivity index (χ2v) is 6.85. The number of carbonyl (C=O) groups is 1. The molecule has 3 heterocycles. The lowest BCUT2D eigenvalue weighted by Gasteiger charge is -2.19. The molecule has 10 heteroatoms. The van der Waals surface area contributed by atoms with Crippen LogP contribution in [-0.4, -0.2) is 27.4 Å². The summed E-state index contributed by atoms with van der Waals surface area (Å²) >= 11 is 0. The highest BCUT2D eigenvalue weighted by atomic mass is 19.4. The zero-order valence-corrected chi connectivity index (χ0v) is 15.7. The van der Waals surface area contributed by atoms with Gasteiger partial charge in [-0.05, 0) is 47.9 Å². The maximum atomic E-state index is 13.8. The molecule has 1 aromatic carbocycles. The van der Waals surface area contributed by atoms with Crippen molar-refractivity contribution in [1.29, 1.82) is 5.26 Å². The largest absolute Gasteiger partial charge is 0.416 e. The van der Waals surface area contributed by atoms with Crippen LogP contribution in [0.4, 0.5) is 17.6 Å². The second-order valence-electron chi connectivity index (χ2n) is 6.85. The van der Waals surface area contributed by atoms with E-state index >= 15 is 0 Å². The van der Waals surface area contributed by atoms with Crippen molar-refractivity contribution in [3.05, 3.63) is 76.6 Å². The summed E-state index contributed by atoms with van der Waals surface area (Å²) in [6, 6.07) is 6.85. The summed E-state index contributed by atoms with van der Waals surface area (Å²) in [6.07, 6.45) is -1.64. The van der Waals surface area contributed by atoms with Crippen molar-refractivity contribution in [1.82, 2.24) is 20.3 Å². The Morgan fingerprint density at radius 3 is 2.68 bits per heavy atom. The van der Waals surface area contributed by atoms with Gasteiger partial charge in [0.05, 0.1) is 28.7 Å². The van der Waals surface area contributed by atoms with Gasteiger partial charge in [-0.1, -0.05) is 0 Å². The molecule has 3 aromatic rings. The molecule has 4 rings (SSSR count). The smallest absolute Gasteiger partial charge is 0.352 e. The topological polar surface area (TPSA) is 91.6 Å². The van der Waals surface area contributed by atoms with Gasteiger partial charge in [-0.15, -0.1) is 0 Å². The molecule has 6 nitrogen and oxygen atoms in total. The minimum Gasteiger partial charge on any atom is -0.352 e. The zero-order valence-electron chi connectivity index (χ0n) is 15.7. The van der Waals surface area contributed by atoms with Crippen LogP contribution in [0, 0.1) is 17.1 Å². The van der Waals surface area contributed by atoms with Gasteiger partial charge in [-0.2, -0.15) is 18.4 Å². The van der Waals surface area contributed by atoms with Gasteiger partial charge in [-0.25, -0.2) is 14.4 Å². The standard InChI is InChI=1S/C21H13F4N5O/c22-13-6-11(5-12(7-13)21(23,24)25)16(9-26)17-8-18(30-10-29-17)19-14-1-4-28-20(31)15(14)2-3-27-19/h2-3,5-8,10,16H,1,4H2,(H,28,31). The highest BCUT2D eigenvalue weighted by Crippen LogP contribution is 2.34. The summed E-state index contributed by atoms with van der Waals surface area (Å²) < 4.78 is 53.1. The number of benzene rings is 1. The van der Waals surface area contributed by atoms with Crippen molar-refractivity contribution < 1.29 is 22.4 Å². The maximum absolute atomic E-state index is 13.8. The third-order valence-corrected chi connectivity index (χ3v) is 4.90. The van der Waals surface area contributed by atoms with Crippen LogP contribution in [0.25, 0.3) is 11.4 Å². The van der Waals surface area contributed by atoms with E-state index in [0.717, 1.165) is 18.5 Å². The van der Waals surface area contributed by atoms with Gasteiger partial charge < -0.3 is 5.32 Å². The van der Waals surface area contributed by atoms with E-state index in [2.05, 4.69) is 20.3 Å². The average Bonchev–Trinajstić information content (AvgIpc) is 2.73. The van der Waals surface area contributed by atoms with Crippen LogP contribution in [0.5, 0.6) is 0 Å². The van der Waals surface area contributed by atoms with E-state index in [4.69, 9.17) is 0 Å². The number of halogens is 4. The number of amides is 1. The summed E-state index contributed by atoms with van der Waals surface area (Å²) in [6.45, 7) is 0.423. The Hall–Kier alpha value is -3.87. The van der Waals surface area contributed by atoms with Gasteiger partial charge in [-0.3, -0.25) is 9.78 Å². The first-order chi connectivity index (χ1) is 14.8. The molecule has 1 aliphatic rings. The number of aromatic nitrogens is 3. The number of nitrogens with one attached hydrogen (secondary N) is 1. The third kappa shape index (κ3) is 3.94. The van der Waals surface area contributed by atoms with Crippen molar-refractivity contribution in [3.8, 4) is 17.5 Å². The van der Waals surface area contributed by atoms with E-state index in [1.165, 1.54) is 12.3 Å². The van der Waals surface area contributed by atoms with Crippen LogP contribution in [-0.2, 0) is 12.6 Å². The molecule has 1 N–H and O–H groups in total. The Kier molecular flexibility index (Phi) is 5.10. The number of rotatable bonds is 3. The highest BCUT2D eigenvalue weighted by molar-refractivity contribution is 5.98. The first-order valence-corrected chi connectivity index (χ1v) is 9.13. The Morgan fingerprint density at radius 1 is 1.13 bits per heavy atom. The quantitative estimate of drug-likeness (QED) is 0.645. The monoisotopic (exact) mass is 427 g/mol. The van der Waals surface area contributed by atoms with Gasteiger partial charge in [0.15, 0.2) is 0 Å². The van der Waals surface area contributed by atoms with E-state index in [1.807, 2.05) is 6.07 Å². The molecule has 1 atom stereocenters. The lowest BCUT2D eigenvalue weighted by atomic mass is 9.93. The molecule has 31 heavy (non-hydrogen) atoms. The van der Waals surface area contributed by atoms with Crippen LogP contribution in [0.3, 0.4) is 0 Å². The summed E-state index contributed by atoms with van der Waals surface area (Å²) in [5.74, 6) is -2.61. The molecule has 0 saturated carbocycles. The summed E-state index contributed by atoms with van der Waals surface area (Å²) in [4.78, 5) is 24.5. The van der Waals surface area contributed by atoms with Gasteiger partial charge >= 0.3 is 6.18 Å². The Balaban J connectivity index is 1.79. The molecule has 2 aromatic heterocycles. The lowest BCUT2D eigenvalue weighted by molar-refractivity contribution is -0.137. The lowest BCUT2D eigenvalue weighted by Crippen LogP contribution is -2.32. The van der Waals surface area contributed by atoms with Crippen molar-refractivity contribution in [2.75, 3.05) is 6.54 Å². The Labute approximate surface area is 173 Å². The van der Waals surface area contributed by atoms with Gasteiger partial charge in [0.1, 0.15) is 18.1 Å². The third-order valence-electron chi connectivity index (χ3n) is 4.90. The average molecular weight is 427 g/mol. The number of nitrogens with zero attached hydrogens (tertiary/aromatic N) is 4. The molecule has 0 bridgehead atoms. The Morgan fingerprint density at radius 2 is 1.94 bits per heavy atom. The fourth-order valence-corrected chi connectivity index (χ4v) is 3.49. The summed E-state index contributed by atoms with van der Waals surface area (Å²) in [5, 5.41) is 12.4. The van der Waals surface area contributed by atoms with E-state index in [0.29, 0.717) is 41.5 Å². The minimum atomic E-state index is -4.76. The predicted octanol–water partition coefficient (Wildman–Crippen LogP) is 3.64. The van der Waals surface area contributed by atoms with Crippen LogP contribution in [0.15, 0.2) is 42.9 Å². The van der Waals surface area contributed by atoms with Crippen molar-refractivity contribution in [2.24, 2.45) is 0 Å². The molecule has 1 aliphatic heterocycles. The van der Waals surface area contributed by atoms with E-state index in [-0.39, 0.29) is 17.2 Å². The van der Waals surface area contributed by atoms with Crippen molar-refractivity contribution in [3.63, 3.8) is 0 Å². The summed E-state index contributed by atoms with van der Waals surface area (Å²) in [7, 11) is 0. The molecule has 1 amide bonds. The number of nitriles is 1. The van der Waals surface area contributed by atoms with Gasteiger partial charge in [0.2, 0.25) is 0 Å². The van der Waals surface area contributed by atoms with Gasteiger partial charge in [0.25, 0.3) is 5.91 Å². The number of hydrogen-bond donors (Lipinski definition) is 1. The van der Waals surface area contributed by atoms with Crippen LogP contribution in [0.2, 0.25) is 0 Å². The first-order valence-electron chi connectivity index (χ1n) is 9.13. The second kappa shape index (κ2) is 7.75. The fraction of sp³-hybridized carbons (Fsp3) is 0.190. The SMILES string of the molecule is N#CC(c1cc(F)cc(C(F)(F)F)c1)c1cc(-c2nccc3c2CCNC3=O)ncn1. The number of carbonyl (C=O) groups excluding carboxylic acids is 1. The van der Waals surface area contributed by atoms with Crippen LogP contribution in [0.1, 0.15) is 38.7 Å². The molecule has 0 fully saturated rings. The number of alkyl halides is 3. The number of hydrogen-bond acceptors (Lipinski definition) is 5. The summed E-state index contributed by atoms with van der Waals surface area (Å²) in [5.41, 5.74) is 0.574. The number of pyridine rings is 1. The molecule has 0 spiro atoms. The molecule has 0 aliphatic carbocycles. The molecular formula is C21H13F4N5O.